The zero-order valence-corrected chi connectivity index (χ0v) is 31.3. The number of aromatic nitrogens is 3. The molecule has 2 N–H and O–H groups in total. The molecule has 1 unspecified atom stereocenters. The first-order valence-electron chi connectivity index (χ1n) is 18.7. The second-order valence-corrected chi connectivity index (χ2v) is 14.6. The van der Waals surface area contributed by atoms with E-state index in [0.717, 1.165) is 34.9 Å². The molecule has 9 nitrogen and oxygen atoms in total. The minimum absolute atomic E-state index is 0.0766. The normalized spacial score (nSPS) is 17.9. The van der Waals surface area contributed by atoms with Gasteiger partial charge in [0.1, 0.15) is 0 Å². The quantitative estimate of drug-likeness (QED) is 0.112. The Balaban J connectivity index is 1.15. The van der Waals surface area contributed by atoms with Crippen LogP contribution in [0.4, 0.5) is 17.1 Å². The van der Waals surface area contributed by atoms with E-state index in [9.17, 15) is 19.8 Å². The number of carbonyl (C=O) groups is 2. The van der Waals surface area contributed by atoms with Crippen molar-refractivity contribution in [3.05, 3.63) is 149 Å². The number of anilines is 3. The molecule has 3 heterocycles. The van der Waals surface area contributed by atoms with Gasteiger partial charge in [0, 0.05) is 41.8 Å². The minimum atomic E-state index is -1.86. The number of fused-ring (bicyclic) bond motifs is 1. The van der Waals surface area contributed by atoms with Crippen LogP contribution in [0, 0.1) is 5.92 Å². The van der Waals surface area contributed by atoms with Gasteiger partial charge in [-0.25, -0.2) is 0 Å². The second kappa shape index (κ2) is 15.4. The lowest BCUT2D eigenvalue weighted by Gasteiger charge is -2.28. The predicted octanol–water partition coefficient (Wildman–Crippen LogP) is 8.36. The van der Waals surface area contributed by atoms with E-state index in [1.165, 1.54) is 11.1 Å². The Morgan fingerprint density at radius 3 is 2.44 bits per heavy atom. The van der Waals surface area contributed by atoms with Gasteiger partial charge in [0.05, 0.1) is 35.2 Å². The molecule has 0 saturated carbocycles. The summed E-state index contributed by atoms with van der Waals surface area (Å²) in [7, 11) is 0. The molecule has 276 valence electrons. The Bertz CT molecular complexity index is 2280. The van der Waals surface area contributed by atoms with Crippen LogP contribution in [0.25, 0.3) is 10.8 Å². The van der Waals surface area contributed by atoms with E-state index in [1.54, 1.807) is 14.5 Å². The monoisotopic (exact) mass is 721 g/mol. The first kappa shape index (κ1) is 36.7. The first-order valence-corrected chi connectivity index (χ1v) is 18.7. The highest BCUT2D eigenvalue weighted by molar-refractivity contribution is 6.28. The van der Waals surface area contributed by atoms with Crippen molar-refractivity contribution in [3.8, 4) is 0 Å². The van der Waals surface area contributed by atoms with Gasteiger partial charge in [-0.3, -0.25) is 19.2 Å². The lowest BCUT2D eigenvalue weighted by Crippen LogP contribution is -2.44. The molecule has 5 aromatic rings. The molecular weight excluding hydrogens is 675 g/mol. The smallest absolute Gasteiger partial charge is 0.264 e. The van der Waals surface area contributed by atoms with Gasteiger partial charge in [-0.05, 0) is 81.3 Å². The molecule has 0 spiro atoms. The molecule has 0 radical (unpaired) electrons. The number of aliphatic hydroxyl groups excluding tert-OH is 1. The van der Waals surface area contributed by atoms with Crippen molar-refractivity contribution < 1.29 is 19.8 Å². The molecule has 1 aromatic heterocycles. The fourth-order valence-corrected chi connectivity index (χ4v) is 7.65. The summed E-state index contributed by atoms with van der Waals surface area (Å²) < 4.78 is 1.74. The van der Waals surface area contributed by atoms with Gasteiger partial charge in [-0.15, -0.1) is 5.10 Å². The van der Waals surface area contributed by atoms with Crippen molar-refractivity contribution in [1.29, 1.82) is 0 Å². The molecule has 2 amide bonds. The van der Waals surface area contributed by atoms with Crippen molar-refractivity contribution in [1.82, 2.24) is 15.0 Å². The SMILES string of the molecule is CC(C)=CCC/C(C)=C/CN1C(=O)[C@](O)([C@H](C)/C=C/CCn2cc(C(CO)c3ccccc3)nn2)c2cc(N3C(=O)c4cccc5cccc3c45)ccc21. The number of amides is 2. The van der Waals surface area contributed by atoms with E-state index in [0.29, 0.717) is 47.7 Å². The summed E-state index contributed by atoms with van der Waals surface area (Å²) in [5.41, 5.74) is 5.36. The Hall–Kier alpha value is -5.64. The Morgan fingerprint density at radius 1 is 0.907 bits per heavy atom. The second-order valence-electron chi connectivity index (χ2n) is 14.6. The van der Waals surface area contributed by atoms with Crippen LogP contribution in [0.15, 0.2) is 127 Å². The molecular formula is C45H47N5O4. The van der Waals surface area contributed by atoms with Gasteiger partial charge < -0.3 is 15.1 Å². The van der Waals surface area contributed by atoms with Crippen molar-refractivity contribution in [2.24, 2.45) is 5.92 Å². The van der Waals surface area contributed by atoms with Crippen LogP contribution in [-0.4, -0.2) is 50.2 Å². The third-order valence-corrected chi connectivity index (χ3v) is 10.7. The van der Waals surface area contributed by atoms with Crippen LogP contribution in [0.2, 0.25) is 0 Å². The number of benzene rings is 4. The van der Waals surface area contributed by atoms with Crippen LogP contribution in [0.5, 0.6) is 0 Å². The topological polar surface area (TPSA) is 112 Å². The highest BCUT2D eigenvalue weighted by Crippen LogP contribution is 2.49. The summed E-state index contributed by atoms with van der Waals surface area (Å²) >= 11 is 0. The number of aliphatic hydroxyl groups is 2. The summed E-state index contributed by atoms with van der Waals surface area (Å²) in [6, 6.07) is 26.9. The van der Waals surface area contributed by atoms with Gasteiger partial charge in [-0.2, -0.15) is 0 Å². The van der Waals surface area contributed by atoms with Crippen molar-refractivity contribution in [2.75, 3.05) is 23.0 Å². The van der Waals surface area contributed by atoms with Crippen LogP contribution in [-0.2, 0) is 16.9 Å². The minimum Gasteiger partial charge on any atom is -0.395 e. The summed E-state index contributed by atoms with van der Waals surface area (Å²) in [4.78, 5) is 31.6. The number of allylic oxidation sites excluding steroid dienone is 4. The molecule has 0 fully saturated rings. The molecule has 9 heteroatoms. The standard InChI is InChI=1S/C45H47N5O4/c1-30(2)13-10-14-31(3)24-26-49-40-23-22-35(50-41-21-12-19-34-18-11-20-36(42(34)41)43(50)52)27-38(40)45(54,44(49)53)32(4)15-8-9-25-48-28-39(46-47-48)37(29-51)33-16-6-5-7-17-33/h5-8,11-13,15-24,27-28,32,37,51,54H,9-10,14,25-26,29H2,1-4H3/b15-8+,31-24+/t32-,37?,45+/m1/s1. The lowest BCUT2D eigenvalue weighted by atomic mass is 9.82. The highest BCUT2D eigenvalue weighted by atomic mass is 16.3. The number of nitrogens with zero attached hydrogens (tertiary/aromatic N) is 5. The molecule has 3 atom stereocenters. The Kier molecular flexibility index (Phi) is 10.5. The molecule has 4 aromatic carbocycles. The maximum Gasteiger partial charge on any atom is 0.264 e. The summed E-state index contributed by atoms with van der Waals surface area (Å²) in [5, 5.41) is 33.1. The Labute approximate surface area is 316 Å². The average Bonchev–Trinajstić information content (AvgIpc) is 3.82. The highest BCUT2D eigenvalue weighted by Gasteiger charge is 2.52. The molecule has 2 aliphatic heterocycles. The van der Waals surface area contributed by atoms with Gasteiger partial charge in [0.2, 0.25) is 0 Å². The number of aryl methyl sites for hydroxylation is 1. The number of hydrogen-bond acceptors (Lipinski definition) is 6. The molecule has 7 rings (SSSR count). The molecule has 0 bridgehead atoms. The van der Waals surface area contributed by atoms with E-state index in [2.05, 4.69) is 43.2 Å². The van der Waals surface area contributed by atoms with Crippen LogP contribution in [0.1, 0.15) is 80.1 Å². The zero-order chi connectivity index (χ0) is 38.0. The fourth-order valence-electron chi connectivity index (χ4n) is 7.65. The summed E-state index contributed by atoms with van der Waals surface area (Å²) in [6.07, 6.45) is 12.4. The molecule has 2 aliphatic rings. The first-order chi connectivity index (χ1) is 26.1. The van der Waals surface area contributed by atoms with Crippen molar-refractivity contribution >= 4 is 39.6 Å². The van der Waals surface area contributed by atoms with Crippen LogP contribution in [0.3, 0.4) is 0 Å². The van der Waals surface area contributed by atoms with E-state index >= 15 is 0 Å². The predicted molar refractivity (Wildman–Crippen MR) is 214 cm³/mol. The van der Waals surface area contributed by atoms with Gasteiger partial charge in [0.25, 0.3) is 11.8 Å². The van der Waals surface area contributed by atoms with Crippen molar-refractivity contribution in [3.63, 3.8) is 0 Å². The van der Waals surface area contributed by atoms with Crippen LogP contribution < -0.4 is 9.80 Å². The summed E-state index contributed by atoms with van der Waals surface area (Å²) in [6.45, 7) is 8.87. The number of rotatable bonds is 14. The van der Waals surface area contributed by atoms with E-state index in [4.69, 9.17) is 0 Å². The molecule has 0 aliphatic carbocycles. The molecule has 0 saturated heterocycles. The fraction of sp³-hybridized carbons (Fsp3) is 0.289. The number of hydrogen-bond donors (Lipinski definition) is 2. The lowest BCUT2D eigenvalue weighted by molar-refractivity contribution is -0.139. The van der Waals surface area contributed by atoms with Gasteiger partial charge in [0.15, 0.2) is 5.60 Å². The third-order valence-electron chi connectivity index (χ3n) is 10.7. The molecule has 54 heavy (non-hydrogen) atoms. The van der Waals surface area contributed by atoms with E-state index in [1.807, 2.05) is 110 Å². The summed E-state index contributed by atoms with van der Waals surface area (Å²) in [5.74, 6) is -1.39. The van der Waals surface area contributed by atoms with Crippen molar-refractivity contribution in [2.45, 2.75) is 65.0 Å². The average molecular weight is 722 g/mol. The van der Waals surface area contributed by atoms with E-state index in [-0.39, 0.29) is 18.4 Å². The van der Waals surface area contributed by atoms with Gasteiger partial charge >= 0.3 is 0 Å². The largest absolute Gasteiger partial charge is 0.395 e. The maximum atomic E-state index is 14.4. The zero-order valence-electron chi connectivity index (χ0n) is 31.3. The van der Waals surface area contributed by atoms with E-state index < -0.39 is 17.4 Å². The third kappa shape index (κ3) is 6.81. The maximum absolute atomic E-state index is 14.4. The van der Waals surface area contributed by atoms with Gasteiger partial charge in [-0.1, -0.05) is 102 Å². The van der Waals surface area contributed by atoms with Crippen LogP contribution >= 0.6 is 0 Å². The Morgan fingerprint density at radius 2 is 1.69 bits per heavy atom. The number of carbonyl (C=O) groups excluding carboxylic acids is 2.